The summed E-state index contributed by atoms with van der Waals surface area (Å²) in [5.41, 5.74) is -0.526. The van der Waals surface area contributed by atoms with Gasteiger partial charge >= 0.3 is 0 Å². The van der Waals surface area contributed by atoms with Gasteiger partial charge in [0.25, 0.3) is 11.8 Å². The first-order chi connectivity index (χ1) is 13.0. The molecule has 144 valence electrons. The Labute approximate surface area is 156 Å². The van der Waals surface area contributed by atoms with Gasteiger partial charge in [-0.05, 0) is 37.6 Å². The molecule has 2 N–H and O–H groups in total. The Balaban J connectivity index is 2.21. The standard InChI is InChI=1S/C20H22F2N2O3/c1-3-8-16(27-4-2)20(26)24-18-14(21)11-12-15(17(18)22)23-19(25)13-9-6-5-7-10-13/h5-7,9-12,16H,3-4,8H2,1-2H3,(H,23,25)(H,24,26). The minimum Gasteiger partial charge on any atom is -0.369 e. The molecule has 0 saturated carbocycles. The fraction of sp³-hybridized carbons (Fsp3) is 0.300. The fourth-order valence-corrected chi connectivity index (χ4v) is 2.50. The van der Waals surface area contributed by atoms with Crippen LogP contribution in [0.25, 0.3) is 0 Å². The van der Waals surface area contributed by atoms with Crippen molar-refractivity contribution in [2.24, 2.45) is 0 Å². The van der Waals surface area contributed by atoms with Crippen LogP contribution < -0.4 is 10.6 Å². The third-order valence-electron chi connectivity index (χ3n) is 3.83. The predicted molar refractivity (Wildman–Crippen MR) is 99.7 cm³/mol. The lowest BCUT2D eigenvalue weighted by molar-refractivity contribution is -0.127. The topological polar surface area (TPSA) is 67.4 Å². The molecular formula is C20H22F2N2O3. The van der Waals surface area contributed by atoms with Crippen LogP contribution in [-0.2, 0) is 9.53 Å². The van der Waals surface area contributed by atoms with Crippen LogP contribution in [0.15, 0.2) is 42.5 Å². The van der Waals surface area contributed by atoms with Crippen LogP contribution in [0.4, 0.5) is 20.2 Å². The molecule has 7 heteroatoms. The second kappa shape index (κ2) is 9.78. The smallest absolute Gasteiger partial charge is 0.255 e. The molecule has 2 aromatic carbocycles. The normalized spacial score (nSPS) is 11.7. The number of hydrogen-bond donors (Lipinski definition) is 2. The van der Waals surface area contributed by atoms with Gasteiger partial charge in [-0.2, -0.15) is 0 Å². The van der Waals surface area contributed by atoms with Crippen molar-refractivity contribution >= 4 is 23.2 Å². The van der Waals surface area contributed by atoms with Crippen molar-refractivity contribution in [3.05, 3.63) is 59.7 Å². The van der Waals surface area contributed by atoms with Crippen molar-refractivity contribution in [1.29, 1.82) is 0 Å². The number of rotatable bonds is 8. The lowest BCUT2D eigenvalue weighted by Crippen LogP contribution is -2.31. The van der Waals surface area contributed by atoms with E-state index in [9.17, 15) is 18.4 Å². The van der Waals surface area contributed by atoms with Crippen LogP contribution in [0, 0.1) is 11.6 Å². The Kier molecular flexibility index (Phi) is 7.43. The molecule has 1 unspecified atom stereocenters. The first-order valence-electron chi connectivity index (χ1n) is 8.74. The molecule has 0 heterocycles. The lowest BCUT2D eigenvalue weighted by atomic mass is 10.1. The fourth-order valence-electron chi connectivity index (χ4n) is 2.50. The summed E-state index contributed by atoms with van der Waals surface area (Å²) < 4.78 is 34.1. The molecule has 5 nitrogen and oxygen atoms in total. The van der Waals surface area contributed by atoms with Crippen LogP contribution in [0.5, 0.6) is 0 Å². The number of amides is 2. The molecule has 0 aliphatic rings. The van der Waals surface area contributed by atoms with Gasteiger partial charge in [-0.15, -0.1) is 0 Å². The van der Waals surface area contributed by atoms with E-state index in [1.807, 2.05) is 6.92 Å². The van der Waals surface area contributed by atoms with E-state index < -0.39 is 35.2 Å². The second-order valence-corrected chi connectivity index (χ2v) is 5.83. The summed E-state index contributed by atoms with van der Waals surface area (Å²) in [4.78, 5) is 24.5. The number of carbonyl (C=O) groups excluding carboxylic acids is 2. The zero-order valence-electron chi connectivity index (χ0n) is 15.2. The van der Waals surface area contributed by atoms with E-state index in [0.29, 0.717) is 25.0 Å². The van der Waals surface area contributed by atoms with Crippen molar-refractivity contribution in [3.8, 4) is 0 Å². The molecule has 2 aromatic rings. The Morgan fingerprint density at radius 2 is 1.74 bits per heavy atom. The van der Waals surface area contributed by atoms with Gasteiger partial charge in [-0.1, -0.05) is 31.5 Å². The number of anilines is 2. The van der Waals surface area contributed by atoms with E-state index in [1.165, 1.54) is 0 Å². The minimum absolute atomic E-state index is 0.232. The Morgan fingerprint density at radius 1 is 1.04 bits per heavy atom. The first kappa shape index (κ1) is 20.5. The quantitative estimate of drug-likeness (QED) is 0.719. The number of carbonyl (C=O) groups is 2. The van der Waals surface area contributed by atoms with E-state index in [1.54, 1.807) is 37.3 Å². The molecule has 0 aliphatic heterocycles. The molecule has 0 bridgehead atoms. The van der Waals surface area contributed by atoms with Gasteiger partial charge in [0.1, 0.15) is 17.6 Å². The van der Waals surface area contributed by atoms with Crippen molar-refractivity contribution in [2.45, 2.75) is 32.8 Å². The summed E-state index contributed by atoms with van der Waals surface area (Å²) in [6.45, 7) is 3.91. The molecule has 0 aliphatic carbocycles. The SMILES string of the molecule is CCCC(OCC)C(=O)Nc1c(F)ccc(NC(=O)c2ccccc2)c1F. The summed E-state index contributed by atoms with van der Waals surface area (Å²) in [5, 5.41) is 4.62. The predicted octanol–water partition coefficient (Wildman–Crippen LogP) is 4.36. The van der Waals surface area contributed by atoms with Gasteiger partial charge in [-0.3, -0.25) is 9.59 Å². The lowest BCUT2D eigenvalue weighted by Gasteiger charge is -2.17. The Bertz CT molecular complexity index is 791. The van der Waals surface area contributed by atoms with Gasteiger partial charge in [-0.25, -0.2) is 8.78 Å². The molecule has 1 atom stereocenters. The number of benzene rings is 2. The summed E-state index contributed by atoms with van der Waals surface area (Å²) in [5.74, 6) is -3.18. The van der Waals surface area contributed by atoms with E-state index >= 15 is 0 Å². The molecule has 2 rings (SSSR count). The highest BCUT2D eigenvalue weighted by molar-refractivity contribution is 6.05. The van der Waals surface area contributed by atoms with Gasteiger partial charge in [0.2, 0.25) is 0 Å². The van der Waals surface area contributed by atoms with Gasteiger partial charge in [0.15, 0.2) is 5.82 Å². The molecule has 0 radical (unpaired) electrons. The van der Waals surface area contributed by atoms with Crippen LogP contribution in [0.2, 0.25) is 0 Å². The first-order valence-corrected chi connectivity index (χ1v) is 8.74. The summed E-state index contributed by atoms with van der Waals surface area (Å²) in [6.07, 6.45) is 0.296. The second-order valence-electron chi connectivity index (χ2n) is 5.83. The van der Waals surface area contributed by atoms with Crippen molar-refractivity contribution in [2.75, 3.05) is 17.2 Å². The highest BCUT2D eigenvalue weighted by Gasteiger charge is 2.23. The summed E-state index contributed by atoms with van der Waals surface area (Å²) in [7, 11) is 0. The number of halogens is 2. The van der Waals surface area contributed by atoms with Crippen LogP contribution >= 0.6 is 0 Å². The maximum atomic E-state index is 14.7. The molecule has 0 fully saturated rings. The molecular weight excluding hydrogens is 354 g/mol. The molecule has 0 aromatic heterocycles. The van der Waals surface area contributed by atoms with Crippen molar-refractivity contribution in [3.63, 3.8) is 0 Å². The highest BCUT2D eigenvalue weighted by atomic mass is 19.1. The van der Waals surface area contributed by atoms with Gasteiger partial charge in [0, 0.05) is 12.2 Å². The van der Waals surface area contributed by atoms with E-state index in [0.717, 1.165) is 12.1 Å². The highest BCUT2D eigenvalue weighted by Crippen LogP contribution is 2.27. The van der Waals surface area contributed by atoms with Gasteiger partial charge in [0.05, 0.1) is 5.69 Å². The monoisotopic (exact) mass is 376 g/mol. The number of hydrogen-bond acceptors (Lipinski definition) is 3. The third kappa shape index (κ3) is 5.34. The molecule has 0 spiro atoms. The summed E-state index contributed by atoms with van der Waals surface area (Å²) in [6, 6.07) is 10.3. The maximum Gasteiger partial charge on any atom is 0.255 e. The maximum absolute atomic E-state index is 14.7. The number of ether oxygens (including phenoxy) is 1. The average Bonchev–Trinajstić information content (AvgIpc) is 2.67. The minimum atomic E-state index is -1.06. The Morgan fingerprint density at radius 3 is 2.37 bits per heavy atom. The molecule has 27 heavy (non-hydrogen) atoms. The molecule has 2 amide bonds. The van der Waals surface area contributed by atoms with Crippen LogP contribution in [0.3, 0.4) is 0 Å². The largest absolute Gasteiger partial charge is 0.369 e. The van der Waals surface area contributed by atoms with Crippen molar-refractivity contribution < 1.29 is 23.1 Å². The van der Waals surface area contributed by atoms with E-state index in [2.05, 4.69) is 10.6 Å². The zero-order chi connectivity index (χ0) is 19.8. The average molecular weight is 376 g/mol. The van der Waals surface area contributed by atoms with E-state index in [-0.39, 0.29) is 5.69 Å². The van der Waals surface area contributed by atoms with Gasteiger partial charge < -0.3 is 15.4 Å². The van der Waals surface area contributed by atoms with E-state index in [4.69, 9.17) is 4.74 Å². The summed E-state index contributed by atoms with van der Waals surface area (Å²) >= 11 is 0. The number of nitrogens with one attached hydrogen (secondary N) is 2. The van der Waals surface area contributed by atoms with Crippen LogP contribution in [-0.4, -0.2) is 24.5 Å². The Hall–Kier alpha value is -2.80. The molecule has 0 saturated heterocycles. The zero-order valence-corrected chi connectivity index (χ0v) is 15.2. The van der Waals surface area contributed by atoms with Crippen LogP contribution in [0.1, 0.15) is 37.0 Å². The third-order valence-corrected chi connectivity index (χ3v) is 3.83. The van der Waals surface area contributed by atoms with Crippen molar-refractivity contribution in [1.82, 2.24) is 0 Å².